The molecule has 0 fully saturated rings. The molecule has 4 heterocycles. The highest BCUT2D eigenvalue weighted by atomic mass is 14.8. The normalized spacial score (nSPS) is 11.9. The van der Waals surface area contributed by atoms with Gasteiger partial charge in [-0.15, -0.1) is 0 Å². The lowest BCUT2D eigenvalue weighted by Crippen LogP contribution is -1.85. The summed E-state index contributed by atoms with van der Waals surface area (Å²) >= 11 is 0. The zero-order chi connectivity index (χ0) is 23.6. The third-order valence-corrected chi connectivity index (χ3v) is 7.38. The van der Waals surface area contributed by atoms with Gasteiger partial charge in [0.2, 0.25) is 0 Å². The van der Waals surface area contributed by atoms with Crippen LogP contribution in [0.25, 0.3) is 77.3 Å². The van der Waals surface area contributed by atoms with Crippen LogP contribution >= 0.6 is 0 Å². The molecular formula is C32H22N4. The lowest BCUT2D eigenvalue weighted by atomic mass is 9.93. The van der Waals surface area contributed by atoms with Gasteiger partial charge in [-0.3, -0.25) is 0 Å². The van der Waals surface area contributed by atoms with Crippen LogP contribution in [-0.4, -0.2) is 19.9 Å². The van der Waals surface area contributed by atoms with Gasteiger partial charge >= 0.3 is 0 Å². The maximum absolute atomic E-state index is 3.78. The Morgan fingerprint density at radius 1 is 0.361 bits per heavy atom. The van der Waals surface area contributed by atoms with E-state index in [4.69, 9.17) is 0 Å². The van der Waals surface area contributed by atoms with Crippen molar-refractivity contribution in [3.63, 3.8) is 0 Å². The molecule has 4 N–H and O–H groups in total. The molecule has 4 nitrogen and oxygen atoms in total. The fraction of sp³-hybridized carbons (Fsp3) is 0. The SMILES string of the molecule is c1ccc2c(-c3[nH]c4ccccc4c3-c3c(-c4c[nH]c5ccccc45)[nH]c4ccccc34)c[nH]c2c1. The summed E-state index contributed by atoms with van der Waals surface area (Å²) < 4.78 is 0. The molecule has 0 aliphatic heterocycles. The maximum atomic E-state index is 3.78. The van der Waals surface area contributed by atoms with Crippen molar-refractivity contribution in [2.75, 3.05) is 0 Å². The average molecular weight is 463 g/mol. The highest BCUT2D eigenvalue weighted by Gasteiger charge is 2.24. The highest BCUT2D eigenvalue weighted by molar-refractivity contribution is 6.17. The van der Waals surface area contributed by atoms with E-state index in [2.05, 4.69) is 129 Å². The van der Waals surface area contributed by atoms with Crippen LogP contribution in [-0.2, 0) is 0 Å². The van der Waals surface area contributed by atoms with Crippen molar-refractivity contribution in [3.8, 4) is 33.6 Å². The van der Waals surface area contributed by atoms with Crippen LogP contribution < -0.4 is 0 Å². The first-order valence-corrected chi connectivity index (χ1v) is 12.2. The summed E-state index contributed by atoms with van der Waals surface area (Å²) in [7, 11) is 0. The van der Waals surface area contributed by atoms with Crippen molar-refractivity contribution < 1.29 is 0 Å². The van der Waals surface area contributed by atoms with Crippen LogP contribution in [0, 0.1) is 0 Å². The average Bonchev–Trinajstić information content (AvgIpc) is 3.69. The topological polar surface area (TPSA) is 63.2 Å². The van der Waals surface area contributed by atoms with Gasteiger partial charge < -0.3 is 19.9 Å². The van der Waals surface area contributed by atoms with Crippen molar-refractivity contribution in [1.29, 1.82) is 0 Å². The molecule has 4 aromatic carbocycles. The van der Waals surface area contributed by atoms with Crippen molar-refractivity contribution in [1.82, 2.24) is 19.9 Å². The van der Waals surface area contributed by atoms with E-state index in [1.165, 1.54) is 43.8 Å². The fourth-order valence-corrected chi connectivity index (χ4v) is 5.76. The van der Waals surface area contributed by atoms with Gasteiger partial charge in [-0.05, 0) is 24.3 Å². The quantitative estimate of drug-likeness (QED) is 0.203. The summed E-state index contributed by atoms with van der Waals surface area (Å²) in [6, 6.07) is 34.2. The molecule has 0 atom stereocenters. The lowest BCUT2D eigenvalue weighted by Gasteiger charge is -2.08. The number of benzene rings is 4. The van der Waals surface area contributed by atoms with Gasteiger partial charge in [0.05, 0.1) is 11.4 Å². The fourth-order valence-electron chi connectivity index (χ4n) is 5.76. The van der Waals surface area contributed by atoms with E-state index < -0.39 is 0 Å². The standard InChI is InChI=1S/C32H22N4/c1-5-13-25-19(9-1)23(17-33-25)31-29(21-11-3-7-15-27(21)35-31)30-22-12-4-8-16-28(22)36-32(30)24-18-34-26-14-6-2-10-20(24)26/h1-18,33-36H. The Morgan fingerprint density at radius 3 is 1.17 bits per heavy atom. The predicted octanol–water partition coefficient (Wildman–Crippen LogP) is 8.61. The van der Waals surface area contributed by atoms with Crippen LogP contribution in [0.2, 0.25) is 0 Å². The Labute approximate surface area is 206 Å². The van der Waals surface area contributed by atoms with Crippen molar-refractivity contribution >= 4 is 43.6 Å². The van der Waals surface area contributed by atoms with Gasteiger partial charge in [-0.2, -0.15) is 0 Å². The monoisotopic (exact) mass is 462 g/mol. The van der Waals surface area contributed by atoms with E-state index in [1.54, 1.807) is 0 Å². The smallest absolute Gasteiger partial charge is 0.0567 e. The second-order valence-corrected chi connectivity index (χ2v) is 9.34. The summed E-state index contributed by atoms with van der Waals surface area (Å²) in [5, 5.41) is 4.84. The zero-order valence-corrected chi connectivity index (χ0v) is 19.4. The van der Waals surface area contributed by atoms with Crippen LogP contribution in [0.15, 0.2) is 109 Å². The number of H-pyrrole nitrogens is 4. The number of para-hydroxylation sites is 4. The molecule has 0 saturated carbocycles. The summed E-state index contributed by atoms with van der Waals surface area (Å²) in [6.07, 6.45) is 4.25. The minimum Gasteiger partial charge on any atom is -0.360 e. The molecule has 0 spiro atoms. The number of rotatable bonds is 3. The molecule has 8 rings (SSSR count). The van der Waals surface area contributed by atoms with Gasteiger partial charge in [-0.25, -0.2) is 0 Å². The molecule has 0 unspecified atom stereocenters. The number of hydrogen-bond acceptors (Lipinski definition) is 0. The minimum absolute atomic E-state index is 1.12. The van der Waals surface area contributed by atoms with Gasteiger partial charge in [0.1, 0.15) is 0 Å². The Balaban J connectivity index is 1.53. The van der Waals surface area contributed by atoms with E-state index in [-0.39, 0.29) is 0 Å². The summed E-state index contributed by atoms with van der Waals surface area (Å²) in [4.78, 5) is 14.5. The van der Waals surface area contributed by atoms with Gasteiger partial charge in [-0.1, -0.05) is 72.8 Å². The lowest BCUT2D eigenvalue weighted by molar-refractivity contribution is 1.42. The molecule has 36 heavy (non-hydrogen) atoms. The van der Waals surface area contributed by atoms with E-state index in [0.29, 0.717) is 0 Å². The number of fused-ring (bicyclic) bond motifs is 4. The van der Waals surface area contributed by atoms with Gasteiger partial charge in [0.15, 0.2) is 0 Å². The van der Waals surface area contributed by atoms with E-state index in [0.717, 1.165) is 33.5 Å². The van der Waals surface area contributed by atoms with Crippen molar-refractivity contribution in [2.45, 2.75) is 0 Å². The van der Waals surface area contributed by atoms with Crippen LogP contribution in [0.1, 0.15) is 0 Å². The second-order valence-electron chi connectivity index (χ2n) is 9.34. The Morgan fingerprint density at radius 2 is 0.722 bits per heavy atom. The number of hydrogen-bond donors (Lipinski definition) is 4. The molecule has 4 heteroatoms. The first kappa shape index (κ1) is 19.4. The van der Waals surface area contributed by atoms with Crippen LogP contribution in [0.3, 0.4) is 0 Å². The molecule has 8 aromatic rings. The van der Waals surface area contributed by atoms with Crippen molar-refractivity contribution in [2.24, 2.45) is 0 Å². The van der Waals surface area contributed by atoms with E-state index >= 15 is 0 Å². The third-order valence-electron chi connectivity index (χ3n) is 7.38. The third kappa shape index (κ3) is 2.64. The maximum Gasteiger partial charge on any atom is 0.0567 e. The molecule has 4 aromatic heterocycles. The highest BCUT2D eigenvalue weighted by Crippen LogP contribution is 2.48. The summed E-state index contributed by atoms with van der Waals surface area (Å²) in [6.45, 7) is 0. The molecule has 0 bridgehead atoms. The number of aromatic amines is 4. The molecule has 0 saturated heterocycles. The van der Waals surface area contributed by atoms with Crippen LogP contribution in [0.5, 0.6) is 0 Å². The largest absolute Gasteiger partial charge is 0.360 e. The second kappa shape index (κ2) is 7.27. The van der Waals surface area contributed by atoms with Gasteiger partial charge in [0, 0.05) is 78.3 Å². The first-order chi connectivity index (χ1) is 17.9. The summed E-state index contributed by atoms with van der Waals surface area (Å²) in [5.41, 5.74) is 11.5. The van der Waals surface area contributed by atoms with Crippen LogP contribution in [0.4, 0.5) is 0 Å². The molecular weight excluding hydrogens is 440 g/mol. The number of nitrogens with one attached hydrogen (secondary N) is 4. The molecule has 0 radical (unpaired) electrons. The van der Waals surface area contributed by atoms with E-state index in [9.17, 15) is 0 Å². The Kier molecular flexibility index (Phi) is 3.91. The first-order valence-electron chi connectivity index (χ1n) is 12.2. The predicted molar refractivity (Wildman–Crippen MR) is 150 cm³/mol. The molecule has 0 aliphatic carbocycles. The molecule has 0 amide bonds. The van der Waals surface area contributed by atoms with Gasteiger partial charge in [0.25, 0.3) is 0 Å². The minimum atomic E-state index is 1.12. The zero-order valence-electron chi connectivity index (χ0n) is 19.4. The van der Waals surface area contributed by atoms with E-state index in [1.807, 2.05) is 0 Å². The summed E-state index contributed by atoms with van der Waals surface area (Å²) in [5.74, 6) is 0. The molecule has 170 valence electrons. The molecule has 0 aliphatic rings. The Hall–Kier alpha value is -4.96. The number of aromatic nitrogens is 4. The Bertz CT molecular complexity index is 1910. The van der Waals surface area contributed by atoms with Crippen molar-refractivity contribution in [3.05, 3.63) is 109 Å².